The lowest BCUT2D eigenvalue weighted by molar-refractivity contribution is -0.121. The molecule has 0 saturated carbocycles. The Morgan fingerprint density at radius 3 is 2.68 bits per heavy atom. The summed E-state index contributed by atoms with van der Waals surface area (Å²) in [6.45, 7) is 0.995. The van der Waals surface area contributed by atoms with E-state index in [-0.39, 0.29) is 17.7 Å². The molecular formula is C15H21FN2O3S. The summed E-state index contributed by atoms with van der Waals surface area (Å²) in [5, 5.41) is 0. The van der Waals surface area contributed by atoms with Gasteiger partial charge in [-0.1, -0.05) is 12.1 Å². The SMILES string of the molecule is CN(CCCS(C)(=O)=O)[C@H]1CCN(c2ccccc2F)C1=O. The molecule has 1 amide bonds. The third kappa shape index (κ3) is 4.04. The Hall–Kier alpha value is -1.47. The molecule has 0 N–H and O–H groups in total. The molecule has 1 fully saturated rings. The molecule has 0 bridgehead atoms. The highest BCUT2D eigenvalue weighted by Gasteiger charge is 2.35. The molecule has 0 unspecified atom stereocenters. The zero-order valence-corrected chi connectivity index (χ0v) is 13.6. The Labute approximate surface area is 130 Å². The summed E-state index contributed by atoms with van der Waals surface area (Å²) in [5.74, 6) is -0.432. The van der Waals surface area contributed by atoms with E-state index in [0.717, 1.165) is 0 Å². The minimum absolute atomic E-state index is 0.106. The third-order valence-corrected chi connectivity index (χ3v) is 4.91. The number of anilines is 1. The first-order valence-corrected chi connectivity index (χ1v) is 9.29. The van der Waals surface area contributed by atoms with Crippen LogP contribution in [-0.2, 0) is 14.6 Å². The topological polar surface area (TPSA) is 57.7 Å². The fourth-order valence-electron chi connectivity index (χ4n) is 2.72. The standard InChI is InChI=1S/C15H21FN2O3S/c1-17(9-5-11-22(2,20)21)14-8-10-18(15(14)19)13-7-4-3-6-12(13)16/h3-4,6-7,14H,5,8-11H2,1-2H3/t14-/m0/s1. The molecule has 0 aromatic heterocycles. The molecular weight excluding hydrogens is 307 g/mol. The number of sulfone groups is 1. The largest absolute Gasteiger partial charge is 0.308 e. The van der Waals surface area contributed by atoms with E-state index in [1.54, 1.807) is 25.2 Å². The first-order valence-electron chi connectivity index (χ1n) is 7.23. The molecule has 1 aliphatic heterocycles. The van der Waals surface area contributed by atoms with Gasteiger partial charge in [0.2, 0.25) is 5.91 Å². The van der Waals surface area contributed by atoms with Crippen molar-refractivity contribution in [1.82, 2.24) is 4.90 Å². The second-order valence-electron chi connectivity index (χ2n) is 5.71. The minimum Gasteiger partial charge on any atom is -0.308 e. The van der Waals surface area contributed by atoms with Crippen molar-refractivity contribution in [1.29, 1.82) is 0 Å². The number of likely N-dealkylation sites (N-methyl/N-ethyl adjacent to an activating group) is 1. The highest BCUT2D eigenvalue weighted by atomic mass is 32.2. The molecule has 1 saturated heterocycles. The Kier molecular flexibility index (Phi) is 5.18. The normalized spacial score (nSPS) is 19.2. The van der Waals surface area contributed by atoms with Crippen LogP contribution in [0.25, 0.3) is 0 Å². The number of halogens is 1. The summed E-state index contributed by atoms with van der Waals surface area (Å²) in [4.78, 5) is 15.8. The van der Waals surface area contributed by atoms with Crippen LogP contribution < -0.4 is 4.90 Å². The maximum Gasteiger partial charge on any atom is 0.244 e. The van der Waals surface area contributed by atoms with Gasteiger partial charge in [0.1, 0.15) is 15.7 Å². The van der Waals surface area contributed by atoms with Gasteiger partial charge in [-0.05, 0) is 38.6 Å². The number of amides is 1. The lowest BCUT2D eigenvalue weighted by Gasteiger charge is -2.23. The Morgan fingerprint density at radius 1 is 1.36 bits per heavy atom. The lowest BCUT2D eigenvalue weighted by Crippen LogP contribution is -2.40. The minimum atomic E-state index is -2.99. The van der Waals surface area contributed by atoms with Crippen LogP contribution in [0.3, 0.4) is 0 Å². The molecule has 1 heterocycles. The fraction of sp³-hybridized carbons (Fsp3) is 0.533. The van der Waals surface area contributed by atoms with Crippen molar-refractivity contribution < 1.29 is 17.6 Å². The predicted molar refractivity (Wildman–Crippen MR) is 84.1 cm³/mol. The van der Waals surface area contributed by atoms with Gasteiger partial charge in [0.15, 0.2) is 0 Å². The zero-order chi connectivity index (χ0) is 16.3. The van der Waals surface area contributed by atoms with Crippen molar-refractivity contribution in [2.24, 2.45) is 0 Å². The van der Waals surface area contributed by atoms with Crippen molar-refractivity contribution in [3.05, 3.63) is 30.1 Å². The molecule has 1 aliphatic rings. The van der Waals surface area contributed by atoms with Gasteiger partial charge < -0.3 is 4.90 Å². The van der Waals surface area contributed by atoms with E-state index in [1.807, 2.05) is 4.90 Å². The number of carbonyl (C=O) groups is 1. The quantitative estimate of drug-likeness (QED) is 0.790. The van der Waals surface area contributed by atoms with Crippen LogP contribution in [0.15, 0.2) is 24.3 Å². The number of rotatable bonds is 6. The number of hydrogen-bond donors (Lipinski definition) is 0. The van der Waals surface area contributed by atoms with Crippen LogP contribution in [0.4, 0.5) is 10.1 Å². The monoisotopic (exact) mass is 328 g/mol. The molecule has 0 spiro atoms. The maximum atomic E-state index is 13.8. The van der Waals surface area contributed by atoms with E-state index >= 15 is 0 Å². The Balaban J connectivity index is 1.98. The highest BCUT2D eigenvalue weighted by Crippen LogP contribution is 2.26. The summed E-state index contributed by atoms with van der Waals surface area (Å²) < 4.78 is 36.1. The van der Waals surface area contributed by atoms with Crippen LogP contribution in [0.5, 0.6) is 0 Å². The van der Waals surface area contributed by atoms with Gasteiger partial charge in [-0.2, -0.15) is 0 Å². The van der Waals surface area contributed by atoms with Crippen molar-refractivity contribution in [2.45, 2.75) is 18.9 Å². The summed E-state index contributed by atoms with van der Waals surface area (Å²) >= 11 is 0. The van der Waals surface area contributed by atoms with Gasteiger partial charge in [0.05, 0.1) is 17.5 Å². The number of hydrogen-bond acceptors (Lipinski definition) is 4. The van der Waals surface area contributed by atoms with E-state index in [4.69, 9.17) is 0 Å². The van der Waals surface area contributed by atoms with Crippen LogP contribution in [0.2, 0.25) is 0 Å². The third-order valence-electron chi connectivity index (χ3n) is 3.88. The second kappa shape index (κ2) is 6.75. The van der Waals surface area contributed by atoms with Gasteiger partial charge >= 0.3 is 0 Å². The zero-order valence-electron chi connectivity index (χ0n) is 12.8. The van der Waals surface area contributed by atoms with Crippen molar-refractivity contribution in [2.75, 3.05) is 37.0 Å². The first kappa shape index (κ1) is 16.9. The molecule has 1 aromatic carbocycles. The van der Waals surface area contributed by atoms with Crippen LogP contribution in [-0.4, -0.2) is 57.4 Å². The molecule has 0 radical (unpaired) electrons. The molecule has 1 atom stereocenters. The average Bonchev–Trinajstić information content (AvgIpc) is 2.79. The van der Waals surface area contributed by atoms with Crippen LogP contribution >= 0.6 is 0 Å². The summed E-state index contributed by atoms with van der Waals surface area (Å²) in [7, 11) is -1.19. The van der Waals surface area contributed by atoms with Crippen molar-refractivity contribution in [3.8, 4) is 0 Å². The molecule has 7 heteroatoms. The van der Waals surface area contributed by atoms with Crippen LogP contribution in [0.1, 0.15) is 12.8 Å². The average molecular weight is 328 g/mol. The summed E-state index contributed by atoms with van der Waals surface area (Å²) in [6, 6.07) is 5.91. The second-order valence-corrected chi connectivity index (χ2v) is 7.97. The van der Waals surface area contributed by atoms with Gasteiger partial charge in [0, 0.05) is 12.8 Å². The molecule has 2 rings (SSSR count). The summed E-state index contributed by atoms with van der Waals surface area (Å²) in [5.41, 5.74) is 0.305. The maximum absolute atomic E-state index is 13.8. The highest BCUT2D eigenvalue weighted by molar-refractivity contribution is 7.90. The van der Waals surface area contributed by atoms with Gasteiger partial charge in [-0.25, -0.2) is 12.8 Å². The Bertz CT molecular complexity index is 648. The van der Waals surface area contributed by atoms with E-state index in [1.165, 1.54) is 17.2 Å². The predicted octanol–water partition coefficient (Wildman–Crippen LogP) is 1.30. The molecule has 22 heavy (non-hydrogen) atoms. The van der Waals surface area contributed by atoms with E-state index in [0.29, 0.717) is 31.6 Å². The van der Waals surface area contributed by atoms with Gasteiger partial charge in [-0.15, -0.1) is 0 Å². The number of para-hydroxylation sites is 1. The molecule has 0 aliphatic carbocycles. The van der Waals surface area contributed by atoms with Crippen LogP contribution in [0, 0.1) is 5.82 Å². The van der Waals surface area contributed by atoms with E-state index in [9.17, 15) is 17.6 Å². The number of nitrogens with zero attached hydrogens (tertiary/aromatic N) is 2. The number of carbonyl (C=O) groups excluding carboxylic acids is 1. The van der Waals surface area contributed by atoms with Crippen molar-refractivity contribution in [3.63, 3.8) is 0 Å². The van der Waals surface area contributed by atoms with Gasteiger partial charge in [0.25, 0.3) is 0 Å². The molecule has 1 aromatic rings. The molecule has 122 valence electrons. The summed E-state index contributed by atoms with van der Waals surface area (Å²) in [6.07, 6.45) is 2.30. The smallest absolute Gasteiger partial charge is 0.244 e. The molecule has 5 nitrogen and oxygen atoms in total. The fourth-order valence-corrected chi connectivity index (χ4v) is 3.37. The van der Waals surface area contributed by atoms with Gasteiger partial charge in [-0.3, -0.25) is 9.69 Å². The number of benzene rings is 1. The van der Waals surface area contributed by atoms with E-state index in [2.05, 4.69) is 0 Å². The Morgan fingerprint density at radius 2 is 2.05 bits per heavy atom. The lowest BCUT2D eigenvalue weighted by atomic mass is 10.2. The first-order chi connectivity index (χ1) is 10.3. The van der Waals surface area contributed by atoms with E-state index < -0.39 is 15.7 Å². The van der Waals surface area contributed by atoms with Crippen molar-refractivity contribution >= 4 is 21.4 Å².